The minimum atomic E-state index is 0.729. The maximum absolute atomic E-state index is 4.76. The van der Waals surface area contributed by atoms with Crippen molar-refractivity contribution >= 4 is 11.8 Å². The van der Waals surface area contributed by atoms with Crippen LogP contribution in [0.15, 0.2) is 6.20 Å². The fourth-order valence-electron chi connectivity index (χ4n) is 3.18. The summed E-state index contributed by atoms with van der Waals surface area (Å²) in [6.07, 6.45) is 6.86. The molecule has 20 heavy (non-hydrogen) atoms. The van der Waals surface area contributed by atoms with Crippen LogP contribution in [0, 0.1) is 11.8 Å². The number of anilines is 2. The Morgan fingerprint density at radius 2 is 1.80 bits per heavy atom. The van der Waals surface area contributed by atoms with Crippen molar-refractivity contribution in [3.05, 3.63) is 6.20 Å². The molecule has 2 saturated heterocycles. The van der Waals surface area contributed by atoms with Crippen molar-refractivity contribution in [3.63, 3.8) is 0 Å². The van der Waals surface area contributed by atoms with Gasteiger partial charge in [-0.3, -0.25) is 0 Å². The highest BCUT2D eigenvalue weighted by Gasteiger charge is 2.21. The van der Waals surface area contributed by atoms with Gasteiger partial charge < -0.3 is 9.80 Å². The number of hydrogen-bond donors (Lipinski definition) is 0. The Balaban J connectivity index is 1.72. The summed E-state index contributed by atoms with van der Waals surface area (Å²) in [6, 6.07) is 0. The standard InChI is InChI=1S/C15H25N5/c1-12-5-8-19(9-6-12)14-10-16-18-15(17-14)20-7-3-4-13(2)11-20/h10,12-13H,3-9,11H2,1-2H3. The summed E-state index contributed by atoms with van der Waals surface area (Å²) >= 11 is 0. The van der Waals surface area contributed by atoms with Crippen LogP contribution in [0.1, 0.15) is 39.5 Å². The van der Waals surface area contributed by atoms with Gasteiger partial charge in [0.1, 0.15) is 0 Å². The second-order valence-electron chi connectivity index (χ2n) is 6.48. The predicted molar refractivity (Wildman–Crippen MR) is 81.0 cm³/mol. The van der Waals surface area contributed by atoms with Crippen LogP contribution in [-0.4, -0.2) is 41.4 Å². The number of aromatic nitrogens is 3. The third kappa shape index (κ3) is 3.02. The molecule has 110 valence electrons. The van der Waals surface area contributed by atoms with E-state index in [-0.39, 0.29) is 0 Å². The molecule has 0 spiro atoms. The molecule has 3 heterocycles. The molecule has 0 saturated carbocycles. The summed E-state index contributed by atoms with van der Waals surface area (Å²) in [7, 11) is 0. The normalized spacial score (nSPS) is 25.0. The number of nitrogens with zero attached hydrogens (tertiary/aromatic N) is 5. The maximum Gasteiger partial charge on any atom is 0.247 e. The molecule has 2 aliphatic heterocycles. The van der Waals surface area contributed by atoms with E-state index in [2.05, 4.69) is 33.8 Å². The topological polar surface area (TPSA) is 45.2 Å². The van der Waals surface area contributed by atoms with Crippen molar-refractivity contribution in [1.29, 1.82) is 0 Å². The molecule has 2 aliphatic rings. The molecule has 2 fully saturated rings. The molecule has 1 aromatic heterocycles. The Hall–Kier alpha value is -1.39. The van der Waals surface area contributed by atoms with Gasteiger partial charge in [0.25, 0.3) is 0 Å². The Morgan fingerprint density at radius 3 is 2.55 bits per heavy atom. The van der Waals surface area contributed by atoms with E-state index in [4.69, 9.17) is 4.98 Å². The van der Waals surface area contributed by atoms with Crippen LogP contribution in [-0.2, 0) is 0 Å². The summed E-state index contributed by atoms with van der Waals surface area (Å²) in [4.78, 5) is 9.40. The maximum atomic E-state index is 4.76. The Kier molecular flexibility index (Phi) is 4.03. The van der Waals surface area contributed by atoms with Crippen LogP contribution in [0.3, 0.4) is 0 Å². The molecule has 5 nitrogen and oxygen atoms in total. The number of piperidine rings is 2. The smallest absolute Gasteiger partial charge is 0.247 e. The van der Waals surface area contributed by atoms with Crippen LogP contribution >= 0.6 is 0 Å². The van der Waals surface area contributed by atoms with Gasteiger partial charge in [0.05, 0.1) is 6.20 Å². The summed E-state index contributed by atoms with van der Waals surface area (Å²) in [5.74, 6) is 3.38. The van der Waals surface area contributed by atoms with E-state index in [1.807, 2.05) is 6.20 Å². The van der Waals surface area contributed by atoms with E-state index >= 15 is 0 Å². The van der Waals surface area contributed by atoms with Crippen molar-refractivity contribution in [3.8, 4) is 0 Å². The monoisotopic (exact) mass is 275 g/mol. The van der Waals surface area contributed by atoms with Gasteiger partial charge in [-0.15, -0.1) is 5.10 Å². The van der Waals surface area contributed by atoms with Crippen LogP contribution in [0.25, 0.3) is 0 Å². The summed E-state index contributed by atoms with van der Waals surface area (Å²) in [6.45, 7) is 8.94. The Labute approximate surface area is 121 Å². The Morgan fingerprint density at radius 1 is 1.00 bits per heavy atom. The van der Waals surface area contributed by atoms with Crippen molar-refractivity contribution < 1.29 is 0 Å². The van der Waals surface area contributed by atoms with Crippen molar-refractivity contribution in [1.82, 2.24) is 15.2 Å². The predicted octanol–water partition coefficient (Wildman–Crippen LogP) is 2.34. The highest BCUT2D eigenvalue weighted by Crippen LogP contribution is 2.23. The molecular weight excluding hydrogens is 250 g/mol. The lowest BCUT2D eigenvalue weighted by molar-refractivity contribution is 0.432. The van der Waals surface area contributed by atoms with Gasteiger partial charge in [0, 0.05) is 26.2 Å². The molecule has 0 N–H and O–H groups in total. The quantitative estimate of drug-likeness (QED) is 0.829. The molecule has 1 atom stereocenters. The largest absolute Gasteiger partial charge is 0.355 e. The third-order valence-corrected chi connectivity index (χ3v) is 4.58. The zero-order valence-electron chi connectivity index (χ0n) is 12.6. The van der Waals surface area contributed by atoms with Gasteiger partial charge >= 0.3 is 0 Å². The van der Waals surface area contributed by atoms with Crippen molar-refractivity contribution in [2.75, 3.05) is 36.0 Å². The van der Waals surface area contributed by atoms with Gasteiger partial charge in [-0.25, -0.2) is 0 Å². The van der Waals surface area contributed by atoms with Crippen LogP contribution in [0.5, 0.6) is 0 Å². The lowest BCUT2D eigenvalue weighted by atomic mass is 9.99. The first-order chi connectivity index (χ1) is 9.72. The molecular formula is C15H25N5. The Bertz CT molecular complexity index is 442. The van der Waals surface area contributed by atoms with E-state index in [9.17, 15) is 0 Å². The average molecular weight is 275 g/mol. The molecule has 1 aromatic rings. The number of rotatable bonds is 2. The molecule has 0 amide bonds. The summed E-state index contributed by atoms with van der Waals surface area (Å²) in [5, 5.41) is 8.43. The number of hydrogen-bond acceptors (Lipinski definition) is 5. The fourth-order valence-corrected chi connectivity index (χ4v) is 3.18. The highest BCUT2D eigenvalue weighted by molar-refractivity contribution is 5.42. The summed E-state index contributed by atoms with van der Waals surface area (Å²) < 4.78 is 0. The molecule has 1 unspecified atom stereocenters. The molecule has 0 aliphatic carbocycles. The second kappa shape index (κ2) is 5.94. The average Bonchev–Trinajstić information content (AvgIpc) is 2.48. The van der Waals surface area contributed by atoms with E-state index < -0.39 is 0 Å². The SMILES string of the molecule is CC1CCN(c2cnnc(N3CCCC(C)C3)n2)CC1. The van der Waals surface area contributed by atoms with E-state index in [0.29, 0.717) is 0 Å². The fraction of sp³-hybridized carbons (Fsp3) is 0.800. The zero-order chi connectivity index (χ0) is 13.9. The van der Waals surface area contributed by atoms with Gasteiger partial charge in [0.2, 0.25) is 5.95 Å². The van der Waals surface area contributed by atoms with E-state index in [1.165, 1.54) is 25.7 Å². The first-order valence-electron chi connectivity index (χ1n) is 7.92. The van der Waals surface area contributed by atoms with Crippen LogP contribution in [0.4, 0.5) is 11.8 Å². The van der Waals surface area contributed by atoms with Crippen molar-refractivity contribution in [2.45, 2.75) is 39.5 Å². The molecule has 3 rings (SSSR count). The zero-order valence-corrected chi connectivity index (χ0v) is 12.6. The van der Waals surface area contributed by atoms with Crippen LogP contribution < -0.4 is 9.80 Å². The van der Waals surface area contributed by atoms with Gasteiger partial charge in [0.15, 0.2) is 5.82 Å². The minimum Gasteiger partial charge on any atom is -0.355 e. The minimum absolute atomic E-state index is 0.729. The first-order valence-corrected chi connectivity index (χ1v) is 7.92. The van der Waals surface area contributed by atoms with Gasteiger partial charge in [-0.1, -0.05) is 13.8 Å². The lowest BCUT2D eigenvalue weighted by Crippen LogP contribution is -2.37. The lowest BCUT2D eigenvalue weighted by Gasteiger charge is -2.33. The molecule has 0 aromatic carbocycles. The first kappa shape index (κ1) is 13.6. The van der Waals surface area contributed by atoms with E-state index in [0.717, 1.165) is 49.8 Å². The van der Waals surface area contributed by atoms with Crippen LogP contribution in [0.2, 0.25) is 0 Å². The molecule has 5 heteroatoms. The summed E-state index contributed by atoms with van der Waals surface area (Å²) in [5.41, 5.74) is 0. The molecule has 0 bridgehead atoms. The van der Waals surface area contributed by atoms with Crippen molar-refractivity contribution in [2.24, 2.45) is 11.8 Å². The third-order valence-electron chi connectivity index (χ3n) is 4.58. The van der Waals surface area contributed by atoms with E-state index in [1.54, 1.807) is 0 Å². The van der Waals surface area contributed by atoms with Gasteiger partial charge in [-0.2, -0.15) is 10.1 Å². The molecule has 0 radical (unpaired) electrons. The second-order valence-corrected chi connectivity index (χ2v) is 6.48. The van der Waals surface area contributed by atoms with Gasteiger partial charge in [-0.05, 0) is 37.5 Å². The highest BCUT2D eigenvalue weighted by atomic mass is 15.4.